The maximum atomic E-state index is 12.6. The van der Waals surface area contributed by atoms with Crippen molar-refractivity contribution >= 4 is 16.9 Å². The average Bonchev–Trinajstić information content (AvgIpc) is 2.75. The van der Waals surface area contributed by atoms with Gasteiger partial charge in [0.05, 0.1) is 11.1 Å². The van der Waals surface area contributed by atoms with E-state index in [9.17, 15) is 4.79 Å². The van der Waals surface area contributed by atoms with Crippen LogP contribution in [-0.4, -0.2) is 47.0 Å². The van der Waals surface area contributed by atoms with Crippen molar-refractivity contribution in [1.29, 1.82) is 0 Å². The van der Waals surface area contributed by atoms with Crippen LogP contribution in [0.1, 0.15) is 16.8 Å². The molecular weight excluding hydrogens is 240 g/mol. The molecule has 0 aliphatic carbocycles. The Morgan fingerprint density at radius 3 is 3.00 bits per heavy atom. The number of hydrogen-bond donors (Lipinski definition) is 1. The van der Waals surface area contributed by atoms with Crippen LogP contribution in [0.3, 0.4) is 0 Å². The van der Waals surface area contributed by atoms with Crippen molar-refractivity contribution in [3.63, 3.8) is 0 Å². The second-order valence-corrected chi connectivity index (χ2v) is 4.63. The first-order chi connectivity index (χ1) is 9.36. The van der Waals surface area contributed by atoms with Crippen molar-refractivity contribution in [2.24, 2.45) is 0 Å². The van der Waals surface area contributed by atoms with Gasteiger partial charge in [-0.3, -0.25) is 14.8 Å². The highest BCUT2D eigenvalue weighted by atomic mass is 16.2. The van der Waals surface area contributed by atoms with Crippen LogP contribution in [0.5, 0.6) is 0 Å². The van der Waals surface area contributed by atoms with Crippen molar-refractivity contribution in [3.8, 4) is 0 Å². The van der Waals surface area contributed by atoms with Crippen molar-refractivity contribution in [2.45, 2.75) is 6.42 Å². The number of carbonyl (C=O) groups excluding carboxylic acids is 1. The zero-order valence-electron chi connectivity index (χ0n) is 10.7. The zero-order valence-corrected chi connectivity index (χ0v) is 10.7. The number of amides is 1. The molecule has 3 rings (SSSR count). The summed E-state index contributed by atoms with van der Waals surface area (Å²) in [4.78, 5) is 23.0. The molecule has 0 atom stereocenters. The van der Waals surface area contributed by atoms with Crippen molar-refractivity contribution in [3.05, 3.63) is 36.2 Å². The normalized spacial score (nSPS) is 16.3. The Labute approximate surface area is 111 Å². The number of carbonyl (C=O) groups is 1. The van der Waals surface area contributed by atoms with Gasteiger partial charge in [0.2, 0.25) is 0 Å². The molecule has 0 bridgehead atoms. The van der Waals surface area contributed by atoms with Crippen LogP contribution in [0.25, 0.3) is 11.0 Å². The molecule has 2 aromatic rings. The minimum Gasteiger partial charge on any atom is -0.337 e. The minimum absolute atomic E-state index is 0.0507. The van der Waals surface area contributed by atoms with Gasteiger partial charge in [0.25, 0.3) is 5.91 Å². The van der Waals surface area contributed by atoms with Crippen LogP contribution in [-0.2, 0) is 0 Å². The monoisotopic (exact) mass is 256 g/mol. The van der Waals surface area contributed by atoms with Gasteiger partial charge in [-0.2, -0.15) is 0 Å². The van der Waals surface area contributed by atoms with E-state index in [0.717, 1.165) is 38.1 Å². The Balaban J connectivity index is 1.96. The molecule has 1 aliphatic rings. The second kappa shape index (κ2) is 5.32. The molecule has 0 spiro atoms. The van der Waals surface area contributed by atoms with Gasteiger partial charge < -0.3 is 10.2 Å². The van der Waals surface area contributed by atoms with Crippen LogP contribution in [0, 0.1) is 0 Å². The highest BCUT2D eigenvalue weighted by Gasteiger charge is 2.19. The lowest BCUT2D eigenvalue weighted by molar-refractivity contribution is 0.0768. The van der Waals surface area contributed by atoms with E-state index in [2.05, 4.69) is 15.3 Å². The van der Waals surface area contributed by atoms with Gasteiger partial charge in [0.15, 0.2) is 0 Å². The third-order valence-electron chi connectivity index (χ3n) is 3.36. The smallest absolute Gasteiger partial charge is 0.256 e. The topological polar surface area (TPSA) is 58.1 Å². The van der Waals surface area contributed by atoms with Gasteiger partial charge in [0.1, 0.15) is 5.52 Å². The predicted octanol–water partition coefficient (Wildman–Crippen LogP) is 1.07. The van der Waals surface area contributed by atoms with E-state index < -0.39 is 0 Å². The molecule has 1 amide bonds. The number of nitrogens with zero attached hydrogens (tertiary/aromatic N) is 3. The number of aromatic nitrogens is 2. The van der Waals surface area contributed by atoms with Gasteiger partial charge in [-0.25, -0.2) is 0 Å². The summed E-state index contributed by atoms with van der Waals surface area (Å²) in [5.74, 6) is 0.0507. The number of benzene rings is 1. The van der Waals surface area contributed by atoms with Gasteiger partial charge in [-0.05, 0) is 25.1 Å². The Bertz CT molecular complexity index is 586. The Morgan fingerprint density at radius 1 is 1.16 bits per heavy atom. The molecule has 0 saturated carbocycles. The number of fused-ring (bicyclic) bond motifs is 1. The van der Waals surface area contributed by atoms with E-state index in [4.69, 9.17) is 0 Å². The lowest BCUT2D eigenvalue weighted by Crippen LogP contribution is -2.34. The first kappa shape index (κ1) is 12.0. The maximum absolute atomic E-state index is 12.6. The van der Waals surface area contributed by atoms with E-state index in [0.29, 0.717) is 11.1 Å². The average molecular weight is 256 g/mol. The van der Waals surface area contributed by atoms with Crippen molar-refractivity contribution < 1.29 is 4.79 Å². The fourth-order valence-corrected chi connectivity index (χ4v) is 2.38. The van der Waals surface area contributed by atoms with Gasteiger partial charge in [0, 0.05) is 32.0 Å². The predicted molar refractivity (Wildman–Crippen MR) is 72.9 cm³/mol. The standard InChI is InChI=1S/C14H16N4O/c19-14(18-9-2-5-15-8-10-18)11-3-1-4-12-13(11)17-7-6-16-12/h1,3-4,6-7,15H,2,5,8-10H2. The third kappa shape index (κ3) is 2.42. The molecule has 1 aliphatic heterocycles. The third-order valence-corrected chi connectivity index (χ3v) is 3.36. The molecule has 0 radical (unpaired) electrons. The molecule has 19 heavy (non-hydrogen) atoms. The summed E-state index contributed by atoms with van der Waals surface area (Å²) in [5.41, 5.74) is 2.10. The van der Waals surface area contributed by atoms with Crippen LogP contribution in [0.15, 0.2) is 30.6 Å². The summed E-state index contributed by atoms with van der Waals surface area (Å²) < 4.78 is 0. The Hall–Kier alpha value is -2.01. The molecule has 1 saturated heterocycles. The number of nitrogens with one attached hydrogen (secondary N) is 1. The fraction of sp³-hybridized carbons (Fsp3) is 0.357. The lowest BCUT2D eigenvalue weighted by atomic mass is 10.1. The molecule has 5 heteroatoms. The summed E-state index contributed by atoms with van der Waals surface area (Å²) in [6, 6.07) is 5.57. The molecule has 98 valence electrons. The first-order valence-corrected chi connectivity index (χ1v) is 6.56. The lowest BCUT2D eigenvalue weighted by Gasteiger charge is -2.20. The summed E-state index contributed by atoms with van der Waals surface area (Å²) in [5, 5.41) is 3.30. The van der Waals surface area contributed by atoms with Gasteiger partial charge in [-0.15, -0.1) is 0 Å². The summed E-state index contributed by atoms with van der Waals surface area (Å²) >= 11 is 0. The summed E-state index contributed by atoms with van der Waals surface area (Å²) in [7, 11) is 0. The second-order valence-electron chi connectivity index (χ2n) is 4.63. The molecular formula is C14H16N4O. The Kier molecular flexibility index (Phi) is 3.37. The summed E-state index contributed by atoms with van der Waals surface area (Å²) in [6.07, 6.45) is 4.26. The van der Waals surface area contributed by atoms with Crippen molar-refractivity contribution in [2.75, 3.05) is 26.2 Å². The van der Waals surface area contributed by atoms with Crippen LogP contribution in [0.4, 0.5) is 0 Å². The molecule has 1 N–H and O–H groups in total. The molecule has 1 aromatic heterocycles. The molecule has 5 nitrogen and oxygen atoms in total. The maximum Gasteiger partial charge on any atom is 0.256 e. The van der Waals surface area contributed by atoms with E-state index in [1.807, 2.05) is 23.1 Å². The Morgan fingerprint density at radius 2 is 2.05 bits per heavy atom. The number of hydrogen-bond acceptors (Lipinski definition) is 4. The first-order valence-electron chi connectivity index (χ1n) is 6.56. The van der Waals surface area contributed by atoms with Gasteiger partial charge in [-0.1, -0.05) is 6.07 Å². The van der Waals surface area contributed by atoms with Gasteiger partial charge >= 0.3 is 0 Å². The highest BCUT2D eigenvalue weighted by Crippen LogP contribution is 2.16. The van der Waals surface area contributed by atoms with E-state index >= 15 is 0 Å². The quantitative estimate of drug-likeness (QED) is 0.829. The van der Waals surface area contributed by atoms with Crippen molar-refractivity contribution in [1.82, 2.24) is 20.2 Å². The largest absolute Gasteiger partial charge is 0.337 e. The van der Waals surface area contributed by atoms with Crippen LogP contribution >= 0.6 is 0 Å². The molecule has 1 aromatic carbocycles. The zero-order chi connectivity index (χ0) is 13.1. The van der Waals surface area contributed by atoms with E-state index in [-0.39, 0.29) is 5.91 Å². The van der Waals surface area contributed by atoms with Crippen LogP contribution < -0.4 is 5.32 Å². The number of rotatable bonds is 1. The number of para-hydroxylation sites is 1. The molecule has 0 unspecified atom stereocenters. The van der Waals surface area contributed by atoms with E-state index in [1.165, 1.54) is 0 Å². The fourth-order valence-electron chi connectivity index (χ4n) is 2.38. The molecule has 1 fully saturated rings. The minimum atomic E-state index is 0.0507. The highest BCUT2D eigenvalue weighted by molar-refractivity contribution is 6.04. The summed E-state index contributed by atoms with van der Waals surface area (Å²) in [6.45, 7) is 3.36. The van der Waals surface area contributed by atoms with E-state index in [1.54, 1.807) is 12.4 Å². The SMILES string of the molecule is O=C(c1cccc2nccnc12)N1CCCNCC1. The molecule has 2 heterocycles. The van der Waals surface area contributed by atoms with Crippen LogP contribution in [0.2, 0.25) is 0 Å².